The van der Waals surface area contributed by atoms with Crippen molar-refractivity contribution in [2.75, 3.05) is 33.5 Å². The van der Waals surface area contributed by atoms with Gasteiger partial charge in [0, 0.05) is 10.7 Å². The van der Waals surface area contributed by atoms with Crippen molar-refractivity contribution in [1.82, 2.24) is 0 Å². The van der Waals surface area contributed by atoms with Crippen molar-refractivity contribution in [1.29, 1.82) is 0 Å². The van der Waals surface area contributed by atoms with Crippen molar-refractivity contribution in [3.05, 3.63) is 27.8 Å². The van der Waals surface area contributed by atoms with Crippen LogP contribution in [0.5, 0.6) is 5.75 Å². The van der Waals surface area contributed by atoms with E-state index in [1.54, 1.807) is 7.11 Å². The number of ether oxygens (including phenoxy) is 3. The lowest BCUT2D eigenvalue weighted by atomic mass is 10.3. The average Bonchev–Trinajstić information content (AvgIpc) is 2.34. The summed E-state index contributed by atoms with van der Waals surface area (Å²) in [6, 6.07) is 7.28. The molecule has 0 unspecified atom stereocenters. The molecule has 0 atom stereocenters. The molecule has 5 heteroatoms. The van der Waals surface area contributed by atoms with Crippen LogP contribution in [-0.2, 0) is 12.5 Å². The summed E-state index contributed by atoms with van der Waals surface area (Å²) >= 11 is -1.07. The Labute approximate surface area is 106 Å². The molecule has 1 rings (SSSR count). The molecule has 0 heterocycles. The fourth-order valence-electron chi connectivity index (χ4n) is 1.05. The molecule has 1 aromatic carbocycles. The zero-order valence-corrected chi connectivity index (χ0v) is 11.3. The van der Waals surface area contributed by atoms with E-state index < -0.39 is 21.2 Å². The van der Waals surface area contributed by atoms with Crippen LogP contribution in [-0.4, -0.2) is 33.5 Å². The normalized spacial score (nSPS) is 10.3. The fourth-order valence-corrected chi connectivity index (χ4v) is 1.70. The highest BCUT2D eigenvalue weighted by atomic mass is 127. The van der Waals surface area contributed by atoms with Gasteiger partial charge in [0.05, 0.1) is 19.8 Å². The van der Waals surface area contributed by atoms with Crippen molar-refractivity contribution in [3.63, 3.8) is 0 Å². The molecule has 90 valence electrons. The van der Waals surface area contributed by atoms with E-state index in [1.165, 1.54) is 0 Å². The third kappa shape index (κ3) is 5.53. The maximum Gasteiger partial charge on any atom is 0.182 e. The van der Waals surface area contributed by atoms with Crippen LogP contribution in [0.4, 0.5) is 0 Å². The first-order chi connectivity index (χ1) is 7.86. The van der Waals surface area contributed by atoms with Gasteiger partial charge < -0.3 is 14.2 Å². The lowest BCUT2D eigenvalue weighted by Gasteiger charge is -2.06. The highest BCUT2D eigenvalue weighted by Crippen LogP contribution is 2.15. The Hall–Kier alpha value is -0.530. The number of methoxy groups -OCH3 is 1. The van der Waals surface area contributed by atoms with E-state index in [1.807, 2.05) is 24.3 Å². The van der Waals surface area contributed by atoms with Gasteiger partial charge in [0.2, 0.25) is 0 Å². The van der Waals surface area contributed by atoms with Crippen molar-refractivity contribution in [3.8, 4) is 5.75 Å². The Morgan fingerprint density at radius 1 is 1.06 bits per heavy atom. The van der Waals surface area contributed by atoms with Crippen molar-refractivity contribution < 1.29 is 17.3 Å². The second-order valence-corrected chi connectivity index (χ2v) is 4.67. The van der Waals surface area contributed by atoms with Crippen molar-refractivity contribution in [2.24, 2.45) is 0 Å². The second-order valence-electron chi connectivity index (χ2n) is 2.98. The predicted molar refractivity (Wildman–Crippen MR) is 68.0 cm³/mol. The summed E-state index contributed by atoms with van der Waals surface area (Å²) in [6.45, 7) is 2.23. The molecule has 0 N–H and O–H groups in total. The lowest BCUT2D eigenvalue weighted by molar-refractivity contribution is 0.0544. The summed E-state index contributed by atoms with van der Waals surface area (Å²) in [4.78, 5) is 0. The maximum absolute atomic E-state index is 10.6. The topological polar surface area (TPSA) is 44.8 Å². The molecule has 1 aromatic rings. The Bertz CT molecular complexity index is 299. The van der Waals surface area contributed by atoms with Crippen LogP contribution in [0, 0.1) is 3.57 Å². The van der Waals surface area contributed by atoms with Gasteiger partial charge in [-0.1, -0.05) is 0 Å². The minimum Gasteiger partial charge on any atom is -0.491 e. The SMILES string of the molecule is COCCOCCOc1ccc(I=O)cc1. The second kappa shape index (κ2) is 8.60. The summed E-state index contributed by atoms with van der Waals surface area (Å²) in [6.07, 6.45) is 0. The zero-order chi connectivity index (χ0) is 11.6. The lowest BCUT2D eigenvalue weighted by Crippen LogP contribution is -2.09. The standard InChI is InChI=1S/C11H15IO4/c1-14-6-7-15-8-9-16-11-4-2-10(12-13)3-5-11/h2-5H,6-9H2,1H3. The van der Waals surface area contributed by atoms with Gasteiger partial charge in [-0.05, 0) is 24.3 Å². The molecular weight excluding hydrogens is 323 g/mol. The molecule has 0 saturated heterocycles. The van der Waals surface area contributed by atoms with Crippen LogP contribution in [0.15, 0.2) is 24.3 Å². The quantitative estimate of drug-likeness (QED) is 0.539. The maximum atomic E-state index is 10.6. The number of halogens is 1. The van der Waals surface area contributed by atoms with Gasteiger partial charge in [-0.3, -0.25) is 3.07 Å². The van der Waals surface area contributed by atoms with Crippen LogP contribution in [0.25, 0.3) is 0 Å². The first kappa shape index (κ1) is 13.5. The van der Waals surface area contributed by atoms with Gasteiger partial charge in [-0.25, -0.2) is 0 Å². The van der Waals surface area contributed by atoms with Crippen LogP contribution in [0.2, 0.25) is 0 Å². The van der Waals surface area contributed by atoms with Gasteiger partial charge >= 0.3 is 0 Å². The number of rotatable bonds is 8. The van der Waals surface area contributed by atoms with E-state index in [-0.39, 0.29) is 0 Å². The number of hydrogen-bond acceptors (Lipinski definition) is 4. The molecule has 0 aromatic heterocycles. The minimum absolute atomic E-state index is 0.509. The van der Waals surface area contributed by atoms with Crippen LogP contribution in [0.1, 0.15) is 0 Å². The van der Waals surface area contributed by atoms with E-state index in [4.69, 9.17) is 14.2 Å². The summed E-state index contributed by atoms with van der Waals surface area (Å²) in [5.74, 6) is 0.775. The largest absolute Gasteiger partial charge is 0.491 e. The Kier molecular flexibility index (Phi) is 7.28. The highest BCUT2D eigenvalue weighted by molar-refractivity contribution is 14.1. The molecule has 0 aliphatic heterocycles. The molecule has 0 radical (unpaired) electrons. The van der Waals surface area contributed by atoms with E-state index in [2.05, 4.69) is 0 Å². The smallest absolute Gasteiger partial charge is 0.182 e. The van der Waals surface area contributed by atoms with Crippen LogP contribution < -0.4 is 4.74 Å². The van der Waals surface area contributed by atoms with Gasteiger partial charge in [0.25, 0.3) is 0 Å². The van der Waals surface area contributed by atoms with E-state index in [0.717, 1.165) is 9.32 Å². The summed E-state index contributed by atoms with van der Waals surface area (Å²) in [7, 11) is 1.64. The molecule has 0 fully saturated rings. The number of hydrogen-bond donors (Lipinski definition) is 0. The molecule has 0 aliphatic rings. The van der Waals surface area contributed by atoms with E-state index in [9.17, 15) is 3.07 Å². The number of benzene rings is 1. The molecule has 16 heavy (non-hydrogen) atoms. The molecular formula is C11H15IO4. The van der Waals surface area contributed by atoms with Gasteiger partial charge in [-0.15, -0.1) is 0 Å². The fraction of sp³-hybridized carbons (Fsp3) is 0.455. The summed E-state index contributed by atoms with van der Waals surface area (Å²) in [5.41, 5.74) is 0. The summed E-state index contributed by atoms with van der Waals surface area (Å²) < 4.78 is 27.0. The molecule has 0 aliphatic carbocycles. The third-order valence-electron chi connectivity index (χ3n) is 1.83. The predicted octanol–water partition coefficient (Wildman–Crippen LogP) is 2.21. The van der Waals surface area contributed by atoms with Gasteiger partial charge in [-0.2, -0.15) is 0 Å². The van der Waals surface area contributed by atoms with Crippen LogP contribution >= 0.6 is 21.2 Å². The third-order valence-corrected chi connectivity index (χ3v) is 3.06. The minimum atomic E-state index is -1.07. The van der Waals surface area contributed by atoms with E-state index in [0.29, 0.717) is 26.4 Å². The van der Waals surface area contributed by atoms with Crippen LogP contribution in [0.3, 0.4) is 0 Å². The Balaban J connectivity index is 2.14. The Morgan fingerprint density at radius 2 is 1.75 bits per heavy atom. The average molecular weight is 338 g/mol. The molecule has 4 nitrogen and oxygen atoms in total. The van der Waals surface area contributed by atoms with E-state index >= 15 is 0 Å². The molecule has 0 saturated carbocycles. The van der Waals surface area contributed by atoms with Gasteiger partial charge in [0.1, 0.15) is 12.4 Å². The van der Waals surface area contributed by atoms with Crippen molar-refractivity contribution >= 4 is 21.2 Å². The Morgan fingerprint density at radius 3 is 2.38 bits per heavy atom. The summed E-state index contributed by atoms with van der Waals surface area (Å²) in [5, 5.41) is 0. The first-order valence-corrected chi connectivity index (χ1v) is 6.89. The molecule has 0 amide bonds. The molecule has 0 bridgehead atoms. The molecule has 0 spiro atoms. The zero-order valence-electron chi connectivity index (χ0n) is 9.15. The van der Waals surface area contributed by atoms with Crippen molar-refractivity contribution in [2.45, 2.75) is 0 Å². The highest BCUT2D eigenvalue weighted by Gasteiger charge is 1.95. The first-order valence-electron chi connectivity index (χ1n) is 4.93. The van der Waals surface area contributed by atoms with Gasteiger partial charge in [0.15, 0.2) is 21.2 Å². The monoisotopic (exact) mass is 338 g/mol.